The van der Waals surface area contributed by atoms with Crippen molar-refractivity contribution >= 4 is 0 Å². The van der Waals surface area contributed by atoms with Gasteiger partial charge in [0.15, 0.2) is 0 Å². The summed E-state index contributed by atoms with van der Waals surface area (Å²) in [5.74, 6) is 0.850. The van der Waals surface area contributed by atoms with Crippen LogP contribution in [0.2, 0.25) is 0 Å². The molecule has 0 atom stereocenters. The molecule has 2 aromatic heterocycles. The topological polar surface area (TPSA) is 76.3 Å². The van der Waals surface area contributed by atoms with E-state index < -0.39 is 0 Å². The number of pyridine rings is 2. The third-order valence-corrected chi connectivity index (χ3v) is 4.38. The monoisotopic (exact) mass is 389 g/mol. The second-order valence-corrected chi connectivity index (χ2v) is 6.74. The summed E-state index contributed by atoms with van der Waals surface area (Å²) in [7, 11) is 1.67. The molecular formula is C23H27N5O. The molecule has 0 spiro atoms. The van der Waals surface area contributed by atoms with Crippen LogP contribution in [0.4, 0.5) is 0 Å². The summed E-state index contributed by atoms with van der Waals surface area (Å²) in [6.07, 6.45) is 5.49. The molecular weight excluding hydrogens is 362 g/mol. The van der Waals surface area contributed by atoms with Crippen LogP contribution in [-0.2, 0) is 19.6 Å². The number of hydrogen-bond donors (Lipinski definition) is 2. The van der Waals surface area contributed by atoms with E-state index in [-0.39, 0.29) is 0 Å². The molecule has 0 bridgehead atoms. The lowest BCUT2D eigenvalue weighted by Crippen LogP contribution is -2.29. The molecule has 0 saturated carbocycles. The van der Waals surface area contributed by atoms with Crippen molar-refractivity contribution in [3.05, 3.63) is 102 Å². The predicted molar refractivity (Wildman–Crippen MR) is 115 cm³/mol. The van der Waals surface area contributed by atoms with Gasteiger partial charge in [-0.2, -0.15) is 0 Å². The van der Waals surface area contributed by atoms with Crippen LogP contribution in [0.1, 0.15) is 17.0 Å². The minimum atomic E-state index is 0.614. The van der Waals surface area contributed by atoms with Gasteiger partial charge < -0.3 is 15.8 Å². The van der Waals surface area contributed by atoms with E-state index in [1.165, 1.54) is 0 Å². The van der Waals surface area contributed by atoms with Gasteiger partial charge in [-0.3, -0.25) is 14.9 Å². The van der Waals surface area contributed by atoms with Gasteiger partial charge in [0.25, 0.3) is 0 Å². The van der Waals surface area contributed by atoms with Crippen molar-refractivity contribution in [1.29, 1.82) is 0 Å². The van der Waals surface area contributed by atoms with Gasteiger partial charge in [0.2, 0.25) is 0 Å². The normalized spacial score (nSPS) is 11.4. The number of nitrogens with zero attached hydrogens (tertiary/aromatic N) is 3. The first kappa shape index (κ1) is 20.4. The quantitative estimate of drug-likeness (QED) is 0.555. The van der Waals surface area contributed by atoms with E-state index in [0.29, 0.717) is 26.2 Å². The maximum atomic E-state index is 6.29. The molecule has 3 aromatic rings. The van der Waals surface area contributed by atoms with Crippen LogP contribution in [0.3, 0.4) is 0 Å². The smallest absolute Gasteiger partial charge is 0.118 e. The SMILES string of the molecule is COc1ccc(CN/C=C(\N)CN(Cc2ccccn2)Cc2ccccn2)cc1. The lowest BCUT2D eigenvalue weighted by Gasteiger charge is -2.22. The van der Waals surface area contributed by atoms with E-state index >= 15 is 0 Å². The Morgan fingerprint density at radius 2 is 1.59 bits per heavy atom. The van der Waals surface area contributed by atoms with Crippen LogP contribution >= 0.6 is 0 Å². The highest BCUT2D eigenvalue weighted by atomic mass is 16.5. The van der Waals surface area contributed by atoms with E-state index in [0.717, 1.165) is 28.4 Å². The molecule has 0 saturated heterocycles. The number of rotatable bonds is 10. The Hall–Kier alpha value is -3.38. The third-order valence-electron chi connectivity index (χ3n) is 4.38. The van der Waals surface area contributed by atoms with E-state index in [1.54, 1.807) is 7.11 Å². The van der Waals surface area contributed by atoms with Gasteiger partial charge in [-0.05, 0) is 42.0 Å². The largest absolute Gasteiger partial charge is 0.497 e. The highest BCUT2D eigenvalue weighted by molar-refractivity contribution is 5.27. The lowest BCUT2D eigenvalue weighted by molar-refractivity contribution is 0.271. The van der Waals surface area contributed by atoms with Crippen LogP contribution in [0.15, 0.2) is 85.0 Å². The number of hydrogen-bond acceptors (Lipinski definition) is 6. The van der Waals surface area contributed by atoms with Crippen LogP contribution in [-0.4, -0.2) is 28.5 Å². The zero-order valence-corrected chi connectivity index (χ0v) is 16.7. The zero-order chi connectivity index (χ0) is 20.3. The van der Waals surface area contributed by atoms with Crippen molar-refractivity contribution in [2.75, 3.05) is 13.7 Å². The van der Waals surface area contributed by atoms with E-state index in [2.05, 4.69) is 20.2 Å². The highest BCUT2D eigenvalue weighted by Gasteiger charge is 2.10. The molecule has 0 radical (unpaired) electrons. The van der Waals surface area contributed by atoms with Crippen molar-refractivity contribution in [2.24, 2.45) is 5.73 Å². The minimum Gasteiger partial charge on any atom is -0.497 e. The van der Waals surface area contributed by atoms with Crippen LogP contribution in [0, 0.1) is 0 Å². The zero-order valence-electron chi connectivity index (χ0n) is 16.7. The molecule has 6 nitrogen and oxygen atoms in total. The summed E-state index contributed by atoms with van der Waals surface area (Å²) >= 11 is 0. The van der Waals surface area contributed by atoms with Gasteiger partial charge in [0, 0.05) is 50.5 Å². The fourth-order valence-corrected chi connectivity index (χ4v) is 2.96. The van der Waals surface area contributed by atoms with Crippen LogP contribution < -0.4 is 15.8 Å². The Morgan fingerprint density at radius 1 is 0.966 bits per heavy atom. The molecule has 3 N–H and O–H groups in total. The molecule has 0 aliphatic carbocycles. The first-order valence-electron chi connectivity index (χ1n) is 9.56. The maximum Gasteiger partial charge on any atom is 0.118 e. The number of nitrogens with two attached hydrogens (primary N) is 1. The Bertz CT molecular complexity index is 841. The fourth-order valence-electron chi connectivity index (χ4n) is 2.96. The molecule has 0 amide bonds. The number of aromatic nitrogens is 2. The van der Waals surface area contributed by atoms with Crippen molar-refractivity contribution in [2.45, 2.75) is 19.6 Å². The van der Waals surface area contributed by atoms with Crippen molar-refractivity contribution in [1.82, 2.24) is 20.2 Å². The van der Waals surface area contributed by atoms with Crippen molar-refractivity contribution < 1.29 is 4.74 Å². The third kappa shape index (κ3) is 6.93. The fraction of sp³-hybridized carbons (Fsp3) is 0.217. The van der Waals surface area contributed by atoms with Crippen LogP contribution in [0.25, 0.3) is 0 Å². The molecule has 0 unspecified atom stereocenters. The molecule has 150 valence electrons. The van der Waals surface area contributed by atoms with Gasteiger partial charge in [-0.25, -0.2) is 0 Å². The molecule has 0 aliphatic rings. The second-order valence-electron chi connectivity index (χ2n) is 6.74. The first-order chi connectivity index (χ1) is 14.2. The Kier molecular flexibility index (Phi) is 7.60. The molecule has 2 heterocycles. The molecule has 0 aliphatic heterocycles. The average molecular weight is 390 g/mol. The lowest BCUT2D eigenvalue weighted by atomic mass is 10.2. The number of benzene rings is 1. The molecule has 0 fully saturated rings. The first-order valence-corrected chi connectivity index (χ1v) is 9.56. The Labute approximate surface area is 172 Å². The molecule has 6 heteroatoms. The van der Waals surface area contributed by atoms with E-state index in [1.807, 2.05) is 79.3 Å². The molecule has 1 aromatic carbocycles. The van der Waals surface area contributed by atoms with Gasteiger partial charge >= 0.3 is 0 Å². The average Bonchev–Trinajstić information content (AvgIpc) is 2.75. The number of ether oxygens (including phenoxy) is 1. The van der Waals surface area contributed by atoms with Crippen LogP contribution in [0.5, 0.6) is 5.75 Å². The molecule has 29 heavy (non-hydrogen) atoms. The summed E-state index contributed by atoms with van der Waals surface area (Å²) in [6.45, 7) is 2.71. The van der Waals surface area contributed by atoms with Gasteiger partial charge in [-0.15, -0.1) is 0 Å². The van der Waals surface area contributed by atoms with E-state index in [9.17, 15) is 0 Å². The second kappa shape index (κ2) is 10.8. The summed E-state index contributed by atoms with van der Waals surface area (Å²) < 4.78 is 5.19. The Morgan fingerprint density at radius 3 is 2.10 bits per heavy atom. The van der Waals surface area contributed by atoms with Gasteiger partial charge in [-0.1, -0.05) is 24.3 Å². The summed E-state index contributed by atoms with van der Waals surface area (Å²) in [4.78, 5) is 11.1. The standard InChI is InChI=1S/C23H27N5O/c1-29-23-10-8-19(9-11-23)14-25-15-20(24)16-28(17-21-6-2-4-12-26-21)18-22-7-3-5-13-27-22/h2-13,15,25H,14,16-18,24H2,1H3/b20-15-. The van der Waals surface area contributed by atoms with E-state index in [4.69, 9.17) is 10.5 Å². The number of nitrogens with one attached hydrogen (secondary N) is 1. The van der Waals surface area contributed by atoms with Gasteiger partial charge in [0.05, 0.1) is 18.5 Å². The van der Waals surface area contributed by atoms with Crippen molar-refractivity contribution in [3.8, 4) is 5.75 Å². The highest BCUT2D eigenvalue weighted by Crippen LogP contribution is 2.11. The maximum absolute atomic E-state index is 6.29. The number of methoxy groups -OCH3 is 1. The minimum absolute atomic E-state index is 0.614. The summed E-state index contributed by atoms with van der Waals surface area (Å²) in [5, 5.41) is 3.29. The summed E-state index contributed by atoms with van der Waals surface area (Å²) in [6, 6.07) is 19.8. The van der Waals surface area contributed by atoms with Gasteiger partial charge in [0.1, 0.15) is 5.75 Å². The predicted octanol–water partition coefficient (Wildman–Crippen LogP) is 3.08. The summed E-state index contributed by atoms with van der Waals surface area (Å²) in [5.41, 5.74) is 10.2. The Balaban J connectivity index is 1.59. The molecule has 3 rings (SSSR count). The van der Waals surface area contributed by atoms with Crippen molar-refractivity contribution in [3.63, 3.8) is 0 Å².